The van der Waals surface area contributed by atoms with Crippen LogP contribution in [0, 0.1) is 16.2 Å². The summed E-state index contributed by atoms with van der Waals surface area (Å²) in [4.78, 5) is 0. The van der Waals surface area contributed by atoms with Gasteiger partial charge in [0.05, 0.1) is 0 Å². The summed E-state index contributed by atoms with van der Waals surface area (Å²) < 4.78 is 36.2. The normalized spacial score (nSPS) is 28.9. The number of hydrogen-bond acceptors (Lipinski definition) is 5. The zero-order valence-corrected chi connectivity index (χ0v) is 10.1. The summed E-state index contributed by atoms with van der Waals surface area (Å²) >= 11 is 0. The standard InChI is InChI=1S/C9H17N2.ClHO4/c1-2-11-7-8-4-3-5-9(6-8)10-11;2-1(3,4)5/h8-9H,2-7H2,1H3;(H,2,3,4,5)/q+1;/p-1. The quantitative estimate of drug-likeness (QED) is 0.473. The Morgan fingerprint density at radius 3 is 2.38 bits per heavy atom. The Morgan fingerprint density at radius 2 is 1.88 bits per heavy atom. The van der Waals surface area contributed by atoms with Crippen LogP contribution in [0.3, 0.4) is 0 Å². The minimum absolute atomic E-state index is 0.683. The maximum atomic E-state index is 8.49. The molecule has 7 heteroatoms. The molecule has 2 bridgehead atoms. The molecule has 0 amide bonds. The molecule has 2 unspecified atom stereocenters. The van der Waals surface area contributed by atoms with Gasteiger partial charge in [0.25, 0.3) is 0 Å². The van der Waals surface area contributed by atoms with Gasteiger partial charge in [-0.05, 0) is 31.3 Å². The van der Waals surface area contributed by atoms with E-state index in [1.807, 2.05) is 0 Å². The molecular formula is C9H17ClN2O4. The molecule has 1 heterocycles. The first-order valence-corrected chi connectivity index (χ1v) is 6.69. The second-order valence-corrected chi connectivity index (χ2v) is 4.94. The van der Waals surface area contributed by atoms with Gasteiger partial charge in [-0.25, -0.2) is 18.6 Å². The highest BCUT2D eigenvalue weighted by atomic mass is 35.7. The number of hydrogen-bond donors (Lipinski definition) is 0. The van der Waals surface area contributed by atoms with Crippen molar-refractivity contribution in [2.45, 2.75) is 38.6 Å². The number of azo groups is 2. The molecule has 6 nitrogen and oxygen atoms in total. The first-order chi connectivity index (χ1) is 7.38. The average Bonchev–Trinajstić information content (AvgIpc) is 2.14. The molecule has 0 N–H and O–H groups in total. The summed E-state index contributed by atoms with van der Waals surface area (Å²) in [6.07, 6.45) is 5.57. The van der Waals surface area contributed by atoms with Gasteiger partial charge in [-0.15, -0.1) is 14.9 Å². The van der Waals surface area contributed by atoms with Crippen LogP contribution in [-0.2, 0) is 0 Å². The van der Waals surface area contributed by atoms with E-state index in [2.05, 4.69) is 16.7 Å². The van der Waals surface area contributed by atoms with Crippen molar-refractivity contribution in [2.24, 2.45) is 11.0 Å². The molecule has 2 rings (SSSR count). The van der Waals surface area contributed by atoms with Crippen LogP contribution in [0.4, 0.5) is 0 Å². The predicted octanol–water partition coefficient (Wildman–Crippen LogP) is -2.71. The maximum Gasteiger partial charge on any atom is 0.171 e. The highest BCUT2D eigenvalue weighted by Gasteiger charge is 2.31. The molecule has 0 saturated heterocycles. The average molecular weight is 253 g/mol. The molecule has 1 fully saturated rings. The fraction of sp³-hybridized carbons (Fsp3) is 1.00. The maximum absolute atomic E-state index is 8.49. The summed E-state index contributed by atoms with van der Waals surface area (Å²) in [5.74, 6) is 0.964. The van der Waals surface area contributed by atoms with Gasteiger partial charge < -0.3 is 0 Å². The Labute approximate surface area is 96.9 Å². The van der Waals surface area contributed by atoms with Crippen molar-refractivity contribution < 1.29 is 33.6 Å². The van der Waals surface area contributed by atoms with Gasteiger partial charge in [-0.2, -0.15) is 0 Å². The molecule has 94 valence electrons. The number of halogens is 1. The molecule has 16 heavy (non-hydrogen) atoms. The fourth-order valence-corrected chi connectivity index (χ4v) is 2.32. The van der Waals surface area contributed by atoms with E-state index in [-0.39, 0.29) is 0 Å². The molecule has 1 aliphatic heterocycles. The lowest BCUT2D eigenvalue weighted by Crippen LogP contribution is -2.68. The highest BCUT2D eigenvalue weighted by Crippen LogP contribution is 2.29. The van der Waals surface area contributed by atoms with Crippen molar-refractivity contribution in [1.82, 2.24) is 0 Å². The number of rotatable bonds is 1. The molecule has 1 saturated carbocycles. The Kier molecular flexibility index (Phi) is 5.07. The Hall–Kier alpha value is -0.270. The Balaban J connectivity index is 0.000000221. The lowest BCUT2D eigenvalue weighted by molar-refractivity contribution is -2.00. The Morgan fingerprint density at radius 1 is 1.25 bits per heavy atom. The summed E-state index contributed by atoms with van der Waals surface area (Å²) in [7, 11) is -4.94. The van der Waals surface area contributed by atoms with Crippen LogP contribution in [0.5, 0.6) is 0 Å². The smallest absolute Gasteiger partial charge is 0.171 e. The molecule has 1 aliphatic carbocycles. The van der Waals surface area contributed by atoms with Crippen molar-refractivity contribution in [3.05, 3.63) is 0 Å². The van der Waals surface area contributed by atoms with Gasteiger partial charge in [-0.1, -0.05) is 6.42 Å². The summed E-state index contributed by atoms with van der Waals surface area (Å²) in [6, 6.07) is 0.683. The van der Waals surface area contributed by atoms with Gasteiger partial charge in [-0.3, -0.25) is 0 Å². The molecule has 0 aromatic heterocycles. The van der Waals surface area contributed by atoms with Crippen LogP contribution in [0.2, 0.25) is 0 Å². The van der Waals surface area contributed by atoms with E-state index in [9.17, 15) is 0 Å². The summed E-state index contributed by atoms with van der Waals surface area (Å²) in [5, 5.41) is 4.65. The van der Waals surface area contributed by atoms with Crippen LogP contribution < -0.4 is 18.6 Å². The van der Waals surface area contributed by atoms with Crippen molar-refractivity contribution in [2.75, 3.05) is 13.1 Å². The van der Waals surface area contributed by atoms with Crippen molar-refractivity contribution >= 4 is 0 Å². The van der Waals surface area contributed by atoms with Crippen LogP contribution >= 0.6 is 0 Å². The lowest BCUT2D eigenvalue weighted by atomic mass is 9.85. The second kappa shape index (κ2) is 5.88. The van der Waals surface area contributed by atoms with E-state index < -0.39 is 10.2 Å². The molecule has 2 aliphatic rings. The van der Waals surface area contributed by atoms with E-state index in [0.29, 0.717) is 6.04 Å². The van der Waals surface area contributed by atoms with Crippen molar-refractivity contribution in [3.8, 4) is 0 Å². The first kappa shape index (κ1) is 13.8. The monoisotopic (exact) mass is 252 g/mol. The molecule has 2 atom stereocenters. The lowest BCUT2D eigenvalue weighted by Gasteiger charge is -2.27. The van der Waals surface area contributed by atoms with E-state index in [0.717, 1.165) is 12.5 Å². The van der Waals surface area contributed by atoms with Gasteiger partial charge in [0.15, 0.2) is 13.1 Å². The molecule has 0 radical (unpaired) electrons. The fourth-order valence-electron chi connectivity index (χ4n) is 2.32. The van der Waals surface area contributed by atoms with Gasteiger partial charge >= 0.3 is 0 Å². The highest BCUT2D eigenvalue weighted by molar-refractivity contribution is 4.77. The van der Waals surface area contributed by atoms with Crippen molar-refractivity contribution in [3.63, 3.8) is 0 Å². The molecule has 0 spiro atoms. The van der Waals surface area contributed by atoms with Crippen LogP contribution in [-0.4, -0.2) is 23.8 Å². The summed E-state index contributed by atoms with van der Waals surface area (Å²) in [6.45, 7) is 4.53. The third kappa shape index (κ3) is 5.72. The van der Waals surface area contributed by atoms with E-state index in [1.165, 1.54) is 32.2 Å². The Bertz CT molecular complexity index is 248. The van der Waals surface area contributed by atoms with Crippen LogP contribution in [0.25, 0.3) is 0 Å². The van der Waals surface area contributed by atoms with Crippen LogP contribution in [0.15, 0.2) is 5.11 Å². The van der Waals surface area contributed by atoms with Gasteiger partial charge in [0.1, 0.15) is 6.04 Å². The first-order valence-electron chi connectivity index (χ1n) is 5.46. The number of nitrogens with zero attached hydrogens (tertiary/aromatic N) is 2. The molecule has 0 aromatic rings. The number of fused-ring (bicyclic) bond motifs is 2. The minimum atomic E-state index is -4.94. The van der Waals surface area contributed by atoms with E-state index >= 15 is 0 Å². The van der Waals surface area contributed by atoms with E-state index in [4.69, 9.17) is 18.6 Å². The molecular weight excluding hydrogens is 236 g/mol. The van der Waals surface area contributed by atoms with Crippen LogP contribution in [0.1, 0.15) is 32.6 Å². The SMILES string of the molecule is CC[N+]1=NC2CCCC(C2)C1.[O-][Cl+3]([O-])([O-])[O-]. The van der Waals surface area contributed by atoms with Crippen molar-refractivity contribution in [1.29, 1.82) is 0 Å². The van der Waals surface area contributed by atoms with E-state index in [1.54, 1.807) is 0 Å². The third-order valence-corrected chi connectivity index (χ3v) is 2.92. The summed E-state index contributed by atoms with van der Waals surface area (Å²) in [5.41, 5.74) is 0. The zero-order chi connectivity index (χ0) is 12.2. The zero-order valence-electron chi connectivity index (χ0n) is 9.30. The largest absolute Gasteiger partial charge is 0.222 e. The second-order valence-electron chi connectivity index (χ2n) is 4.19. The van der Waals surface area contributed by atoms with Gasteiger partial charge in [0, 0.05) is 5.92 Å². The minimum Gasteiger partial charge on any atom is -0.222 e. The molecule has 0 aromatic carbocycles. The third-order valence-electron chi connectivity index (χ3n) is 2.92. The predicted molar refractivity (Wildman–Crippen MR) is 43.8 cm³/mol. The van der Waals surface area contributed by atoms with Gasteiger partial charge in [0.2, 0.25) is 0 Å². The topological polar surface area (TPSA) is 108 Å².